The van der Waals surface area contributed by atoms with E-state index >= 15 is 0 Å². The number of nitrogens with one attached hydrogen (secondary N) is 1. The van der Waals surface area contributed by atoms with Gasteiger partial charge >= 0.3 is 0 Å². The van der Waals surface area contributed by atoms with E-state index in [4.69, 9.17) is 0 Å². The van der Waals surface area contributed by atoms with E-state index in [1.165, 1.54) is 18.4 Å². The first-order valence-electron chi connectivity index (χ1n) is 5.98. The molecule has 3 nitrogen and oxygen atoms in total. The molecule has 19 heavy (non-hydrogen) atoms. The van der Waals surface area contributed by atoms with Gasteiger partial charge in [0.05, 0.1) is 0 Å². The third-order valence-corrected chi connectivity index (χ3v) is 4.64. The third kappa shape index (κ3) is 3.25. The fourth-order valence-electron chi connectivity index (χ4n) is 2.49. The predicted octanol–water partition coefficient (Wildman–Crippen LogP) is 1.36. The summed E-state index contributed by atoms with van der Waals surface area (Å²) in [5.74, 6) is -1.28. The van der Waals surface area contributed by atoms with Crippen LogP contribution in [0.2, 0.25) is 0 Å². The van der Waals surface area contributed by atoms with Gasteiger partial charge in [0.25, 0.3) is 0 Å². The van der Waals surface area contributed by atoms with E-state index in [0.717, 1.165) is 6.07 Å². The molecule has 0 amide bonds. The van der Waals surface area contributed by atoms with Gasteiger partial charge in [0.1, 0.15) is 23.2 Å². The zero-order valence-corrected chi connectivity index (χ0v) is 11.3. The van der Waals surface area contributed by atoms with Gasteiger partial charge in [-0.25, -0.2) is 8.78 Å². The van der Waals surface area contributed by atoms with Crippen LogP contribution in [0, 0.1) is 11.6 Å². The molecule has 1 fully saturated rings. The highest BCUT2D eigenvalue weighted by molar-refractivity contribution is 7.85. The molecular formula is C13H15F2NO2S. The largest absolute Gasteiger partial charge is 0.312 e. The molecule has 1 aliphatic rings. The number of aldehydes is 1. The van der Waals surface area contributed by atoms with Gasteiger partial charge < -0.3 is 10.1 Å². The van der Waals surface area contributed by atoms with Crippen LogP contribution >= 0.6 is 0 Å². The minimum absolute atomic E-state index is 0.0683. The third-order valence-electron chi connectivity index (χ3n) is 3.44. The summed E-state index contributed by atoms with van der Waals surface area (Å²) in [5.41, 5.74) is 0.569. The summed E-state index contributed by atoms with van der Waals surface area (Å²) in [6, 6.07) is 3.23. The van der Waals surface area contributed by atoms with Crippen LogP contribution < -0.4 is 5.32 Å². The monoisotopic (exact) mass is 287 g/mol. The Bertz CT molecular complexity index is 489. The number of hydrogen-bond donors (Lipinski definition) is 1. The summed E-state index contributed by atoms with van der Waals surface area (Å²) in [4.78, 5) is 10.9. The van der Waals surface area contributed by atoms with E-state index in [2.05, 4.69) is 5.32 Å². The zero-order valence-electron chi connectivity index (χ0n) is 10.4. The highest BCUT2D eigenvalue weighted by Crippen LogP contribution is 2.28. The molecule has 1 heterocycles. The fourth-order valence-corrected chi connectivity index (χ4v) is 3.31. The van der Waals surface area contributed by atoms with Crippen LogP contribution in [-0.2, 0) is 15.6 Å². The van der Waals surface area contributed by atoms with Crippen molar-refractivity contribution < 1.29 is 17.8 Å². The van der Waals surface area contributed by atoms with E-state index < -0.39 is 27.7 Å². The normalized spacial score (nSPS) is 26.1. The van der Waals surface area contributed by atoms with Crippen molar-refractivity contribution in [2.75, 3.05) is 12.8 Å². The standard InChI is InChI=1S/C13H15F2NO2S/c1-19(18)13(7-17)12-4-9(6-16-12)8-2-10(14)5-11(15)3-8/h2-3,5,7,9,12-13,16H,4,6H2,1H3/t9-,12?,13?,19?/m1/s1. The SMILES string of the molecule is CS(=O)C(C=O)C1C[C@@H](c2cc(F)cc(F)c2)CN1. The Balaban J connectivity index is 2.13. The Kier molecular flexibility index (Phi) is 4.42. The lowest BCUT2D eigenvalue weighted by molar-refractivity contribution is -0.107. The van der Waals surface area contributed by atoms with Gasteiger partial charge in [-0.3, -0.25) is 4.21 Å². The number of hydrogen-bond acceptors (Lipinski definition) is 3. The molecule has 1 N–H and O–H groups in total. The van der Waals surface area contributed by atoms with Crippen molar-refractivity contribution in [3.05, 3.63) is 35.4 Å². The Labute approximate surface area is 112 Å². The molecule has 0 spiro atoms. The van der Waals surface area contributed by atoms with Gasteiger partial charge in [0.2, 0.25) is 0 Å². The second-order valence-corrected chi connectivity index (χ2v) is 6.29. The van der Waals surface area contributed by atoms with Gasteiger partial charge in [-0.15, -0.1) is 0 Å². The van der Waals surface area contributed by atoms with Crippen molar-refractivity contribution in [3.8, 4) is 0 Å². The Hall–Kier alpha value is -1.14. The van der Waals surface area contributed by atoms with Gasteiger partial charge in [-0.1, -0.05) is 0 Å². The maximum Gasteiger partial charge on any atom is 0.137 e. The maximum atomic E-state index is 13.2. The Morgan fingerprint density at radius 2 is 2.00 bits per heavy atom. The lowest BCUT2D eigenvalue weighted by atomic mass is 9.95. The molecular weight excluding hydrogens is 272 g/mol. The number of rotatable bonds is 4. The number of carbonyl (C=O) groups is 1. The summed E-state index contributed by atoms with van der Waals surface area (Å²) in [6.07, 6.45) is 2.71. The summed E-state index contributed by atoms with van der Waals surface area (Å²) in [5, 5.41) is 2.53. The van der Waals surface area contributed by atoms with Crippen LogP contribution in [0.3, 0.4) is 0 Å². The van der Waals surface area contributed by atoms with Crippen LogP contribution in [-0.4, -0.2) is 34.6 Å². The summed E-state index contributed by atoms with van der Waals surface area (Å²) in [6.45, 7) is 0.523. The van der Waals surface area contributed by atoms with Crippen molar-refractivity contribution in [3.63, 3.8) is 0 Å². The van der Waals surface area contributed by atoms with Crippen LogP contribution in [0.15, 0.2) is 18.2 Å². The highest BCUT2D eigenvalue weighted by atomic mass is 32.2. The number of benzene rings is 1. The minimum atomic E-state index is -1.25. The van der Waals surface area contributed by atoms with Crippen molar-refractivity contribution in [2.45, 2.75) is 23.6 Å². The van der Waals surface area contributed by atoms with Crippen LogP contribution in [0.25, 0.3) is 0 Å². The number of carbonyl (C=O) groups excluding carboxylic acids is 1. The van der Waals surface area contributed by atoms with E-state index in [-0.39, 0.29) is 12.0 Å². The minimum Gasteiger partial charge on any atom is -0.312 e. The van der Waals surface area contributed by atoms with E-state index in [1.807, 2.05) is 0 Å². The second-order valence-electron chi connectivity index (χ2n) is 4.75. The highest BCUT2D eigenvalue weighted by Gasteiger charge is 2.33. The molecule has 1 aliphatic heterocycles. The summed E-state index contributed by atoms with van der Waals surface area (Å²) >= 11 is 0. The van der Waals surface area contributed by atoms with Crippen molar-refractivity contribution in [2.24, 2.45) is 0 Å². The molecule has 1 saturated heterocycles. The summed E-state index contributed by atoms with van der Waals surface area (Å²) in [7, 11) is -1.25. The molecule has 3 unspecified atom stereocenters. The Morgan fingerprint density at radius 1 is 1.37 bits per heavy atom. The smallest absolute Gasteiger partial charge is 0.137 e. The molecule has 0 aliphatic carbocycles. The topological polar surface area (TPSA) is 46.2 Å². The lowest BCUT2D eigenvalue weighted by Crippen LogP contribution is -2.38. The second kappa shape index (κ2) is 5.88. The average molecular weight is 287 g/mol. The van der Waals surface area contributed by atoms with Crippen molar-refractivity contribution in [1.82, 2.24) is 5.32 Å². The first-order chi connectivity index (χ1) is 9.01. The van der Waals surface area contributed by atoms with Crippen LogP contribution in [0.1, 0.15) is 17.9 Å². The van der Waals surface area contributed by atoms with Crippen LogP contribution in [0.5, 0.6) is 0 Å². The molecule has 0 aromatic heterocycles. The van der Waals surface area contributed by atoms with Crippen molar-refractivity contribution in [1.29, 1.82) is 0 Å². The van der Waals surface area contributed by atoms with Crippen molar-refractivity contribution >= 4 is 17.1 Å². The quantitative estimate of drug-likeness (QED) is 0.851. The maximum absolute atomic E-state index is 13.2. The van der Waals surface area contributed by atoms with E-state index in [9.17, 15) is 17.8 Å². The fraction of sp³-hybridized carbons (Fsp3) is 0.462. The van der Waals surface area contributed by atoms with E-state index in [0.29, 0.717) is 24.8 Å². The first-order valence-corrected chi connectivity index (χ1v) is 7.60. The van der Waals surface area contributed by atoms with Gasteiger partial charge in [-0.2, -0.15) is 0 Å². The molecule has 6 heteroatoms. The predicted molar refractivity (Wildman–Crippen MR) is 69.4 cm³/mol. The van der Waals surface area contributed by atoms with E-state index in [1.54, 1.807) is 0 Å². The number of halogens is 2. The molecule has 104 valence electrons. The molecule has 2 rings (SSSR count). The van der Waals surface area contributed by atoms with Gasteiger partial charge in [-0.05, 0) is 30.0 Å². The molecule has 0 radical (unpaired) electrons. The van der Waals surface area contributed by atoms with Crippen LogP contribution in [0.4, 0.5) is 8.78 Å². The molecule has 1 aromatic carbocycles. The molecule has 4 atom stereocenters. The zero-order chi connectivity index (χ0) is 14.0. The lowest BCUT2D eigenvalue weighted by Gasteiger charge is -2.15. The average Bonchev–Trinajstić information content (AvgIpc) is 2.77. The van der Waals surface area contributed by atoms with Gasteiger partial charge in [0.15, 0.2) is 0 Å². The van der Waals surface area contributed by atoms with Gasteiger partial charge in [0, 0.05) is 35.7 Å². The first kappa shape index (κ1) is 14.3. The summed E-state index contributed by atoms with van der Waals surface area (Å²) < 4.78 is 37.8. The Morgan fingerprint density at radius 3 is 2.53 bits per heavy atom. The molecule has 1 aromatic rings. The molecule has 0 saturated carbocycles. The molecule has 0 bridgehead atoms.